The van der Waals surface area contributed by atoms with Gasteiger partial charge in [-0.3, -0.25) is 0 Å². The van der Waals surface area contributed by atoms with Crippen LogP contribution in [0.25, 0.3) is 0 Å². The van der Waals surface area contributed by atoms with Crippen LogP contribution in [0.3, 0.4) is 0 Å². The largest absolute Gasteiger partial charge is 0.462 e. The predicted molar refractivity (Wildman–Crippen MR) is 73.0 cm³/mol. The van der Waals surface area contributed by atoms with Gasteiger partial charge in [-0.1, -0.05) is 17.8 Å². The van der Waals surface area contributed by atoms with E-state index in [2.05, 4.69) is 4.98 Å². The van der Waals surface area contributed by atoms with Gasteiger partial charge in [-0.15, -0.1) is 11.3 Å². The number of ether oxygens (including phenoxy) is 1. The van der Waals surface area contributed by atoms with Gasteiger partial charge >= 0.3 is 5.97 Å². The number of carbonyl (C=O) groups excluding carboxylic acids is 1. The van der Waals surface area contributed by atoms with Crippen molar-refractivity contribution in [2.45, 2.75) is 16.2 Å². The molecule has 94 valence electrons. The summed E-state index contributed by atoms with van der Waals surface area (Å²) in [5.41, 5.74) is 6.43. The number of thiophene rings is 1. The summed E-state index contributed by atoms with van der Waals surface area (Å²) in [6.07, 6.45) is 1.49. The first-order chi connectivity index (χ1) is 8.70. The fraction of sp³-hybridized carbons (Fsp3) is 0.167. The van der Waals surface area contributed by atoms with E-state index < -0.39 is 5.97 Å². The molecule has 0 unspecified atom stereocenters. The smallest absolute Gasteiger partial charge is 0.340 e. The summed E-state index contributed by atoms with van der Waals surface area (Å²) in [5.74, 6) is -0.412. The van der Waals surface area contributed by atoms with Crippen LogP contribution in [-0.4, -0.2) is 17.6 Å². The Labute approximate surface area is 113 Å². The monoisotopic (exact) mass is 280 g/mol. The van der Waals surface area contributed by atoms with Gasteiger partial charge in [-0.05, 0) is 24.4 Å². The molecule has 0 atom stereocenters. The van der Waals surface area contributed by atoms with E-state index in [-0.39, 0.29) is 0 Å². The molecule has 0 aliphatic heterocycles. The van der Waals surface area contributed by atoms with E-state index in [0.29, 0.717) is 17.9 Å². The third kappa shape index (κ3) is 3.02. The van der Waals surface area contributed by atoms with Crippen LogP contribution in [0.4, 0.5) is 5.69 Å². The Morgan fingerprint density at radius 3 is 3.11 bits per heavy atom. The number of pyridine rings is 1. The zero-order valence-corrected chi connectivity index (χ0v) is 11.4. The zero-order valence-electron chi connectivity index (χ0n) is 9.75. The highest BCUT2D eigenvalue weighted by molar-refractivity contribution is 8.01. The molecule has 0 radical (unpaired) electrons. The number of carbonyl (C=O) groups is 1. The highest BCUT2D eigenvalue weighted by atomic mass is 32.2. The number of rotatable bonds is 4. The topological polar surface area (TPSA) is 65.2 Å². The molecule has 0 amide bonds. The van der Waals surface area contributed by atoms with Crippen molar-refractivity contribution in [3.8, 4) is 0 Å². The quantitative estimate of drug-likeness (QED) is 0.872. The van der Waals surface area contributed by atoms with E-state index in [1.807, 2.05) is 17.5 Å². The summed E-state index contributed by atoms with van der Waals surface area (Å²) < 4.78 is 6.06. The molecule has 0 saturated heterocycles. The lowest BCUT2D eigenvalue weighted by Gasteiger charge is -2.06. The molecule has 0 spiro atoms. The Morgan fingerprint density at radius 1 is 1.61 bits per heavy atom. The van der Waals surface area contributed by atoms with Gasteiger partial charge < -0.3 is 10.5 Å². The first kappa shape index (κ1) is 12.9. The van der Waals surface area contributed by atoms with Gasteiger partial charge in [0.15, 0.2) is 0 Å². The maximum atomic E-state index is 11.7. The minimum atomic E-state index is -0.412. The average Bonchev–Trinajstić information content (AvgIpc) is 2.84. The lowest BCUT2D eigenvalue weighted by molar-refractivity contribution is 0.0527. The van der Waals surface area contributed by atoms with E-state index in [4.69, 9.17) is 10.5 Å². The summed E-state index contributed by atoms with van der Waals surface area (Å²) in [6, 6.07) is 5.63. The average molecular weight is 280 g/mol. The van der Waals surface area contributed by atoms with Crippen molar-refractivity contribution in [3.63, 3.8) is 0 Å². The molecule has 2 aromatic rings. The molecule has 2 rings (SSSR count). The maximum absolute atomic E-state index is 11.7. The number of hydrogen-bond acceptors (Lipinski definition) is 6. The van der Waals surface area contributed by atoms with Crippen LogP contribution >= 0.6 is 23.1 Å². The van der Waals surface area contributed by atoms with Gasteiger partial charge in [0.2, 0.25) is 0 Å². The molecule has 2 N–H and O–H groups in total. The third-order valence-corrected chi connectivity index (χ3v) is 4.08. The molecule has 2 aromatic heterocycles. The summed E-state index contributed by atoms with van der Waals surface area (Å²) in [6.45, 7) is 2.09. The van der Waals surface area contributed by atoms with Gasteiger partial charge in [-0.25, -0.2) is 9.78 Å². The molecule has 18 heavy (non-hydrogen) atoms. The maximum Gasteiger partial charge on any atom is 0.340 e. The lowest BCUT2D eigenvalue weighted by Crippen LogP contribution is -2.08. The summed E-state index contributed by atoms with van der Waals surface area (Å²) in [5, 5.41) is 2.72. The van der Waals surface area contributed by atoms with E-state index in [0.717, 1.165) is 9.24 Å². The van der Waals surface area contributed by atoms with Crippen LogP contribution < -0.4 is 5.73 Å². The number of hydrogen-bond donors (Lipinski definition) is 1. The number of nitrogens with zero attached hydrogens (tertiary/aromatic N) is 1. The Balaban J connectivity index is 2.23. The van der Waals surface area contributed by atoms with E-state index in [1.54, 1.807) is 24.3 Å². The van der Waals surface area contributed by atoms with Crippen LogP contribution in [0.2, 0.25) is 0 Å². The number of nitrogen functional groups attached to an aromatic ring is 1. The summed E-state index contributed by atoms with van der Waals surface area (Å²) >= 11 is 3.12. The lowest BCUT2D eigenvalue weighted by atomic mass is 10.2. The molecule has 4 nitrogen and oxygen atoms in total. The second-order valence-electron chi connectivity index (χ2n) is 3.36. The molecule has 0 aliphatic rings. The molecule has 0 fully saturated rings. The van der Waals surface area contributed by atoms with Gasteiger partial charge in [0.1, 0.15) is 5.03 Å². The molecule has 0 saturated carbocycles. The van der Waals surface area contributed by atoms with Gasteiger partial charge in [0, 0.05) is 0 Å². The standard InChI is InChI=1S/C12H12N2O2S2/c1-2-16-12(15)8-6-10(14-7-9(8)13)18-11-4-3-5-17-11/h3-7H,2,13H2,1H3. The van der Waals surface area contributed by atoms with E-state index >= 15 is 0 Å². The number of anilines is 1. The van der Waals surface area contributed by atoms with Gasteiger partial charge in [0.25, 0.3) is 0 Å². The first-order valence-electron chi connectivity index (χ1n) is 5.34. The SMILES string of the molecule is CCOC(=O)c1cc(Sc2cccs2)ncc1N. The zero-order chi connectivity index (χ0) is 13.0. The molecule has 2 heterocycles. The van der Waals surface area contributed by atoms with E-state index in [9.17, 15) is 4.79 Å². The minimum absolute atomic E-state index is 0.327. The Morgan fingerprint density at radius 2 is 2.44 bits per heavy atom. The number of esters is 1. The molecular formula is C12H12N2O2S2. The molecular weight excluding hydrogens is 268 g/mol. The molecule has 0 bridgehead atoms. The molecule has 0 aromatic carbocycles. The van der Waals surface area contributed by atoms with Crippen molar-refractivity contribution in [1.82, 2.24) is 4.98 Å². The van der Waals surface area contributed by atoms with Gasteiger partial charge in [-0.2, -0.15) is 0 Å². The van der Waals surface area contributed by atoms with Crippen LogP contribution in [0.5, 0.6) is 0 Å². The number of nitrogens with two attached hydrogens (primary N) is 1. The third-order valence-electron chi connectivity index (χ3n) is 2.11. The molecule has 0 aliphatic carbocycles. The van der Waals surface area contributed by atoms with Crippen molar-refractivity contribution >= 4 is 34.8 Å². The van der Waals surface area contributed by atoms with Crippen LogP contribution in [0.15, 0.2) is 39.0 Å². The second kappa shape index (κ2) is 5.88. The second-order valence-corrected chi connectivity index (χ2v) is 5.63. The Bertz CT molecular complexity index is 541. The fourth-order valence-electron chi connectivity index (χ4n) is 1.31. The van der Waals surface area contributed by atoms with Crippen LogP contribution in [0.1, 0.15) is 17.3 Å². The van der Waals surface area contributed by atoms with Gasteiger partial charge in [0.05, 0.1) is 28.3 Å². The van der Waals surface area contributed by atoms with Crippen molar-refractivity contribution in [2.24, 2.45) is 0 Å². The normalized spacial score (nSPS) is 10.3. The highest BCUT2D eigenvalue weighted by Crippen LogP contribution is 2.31. The number of aromatic nitrogens is 1. The van der Waals surface area contributed by atoms with Crippen LogP contribution in [0, 0.1) is 0 Å². The Kier molecular flexibility index (Phi) is 4.22. The highest BCUT2D eigenvalue weighted by Gasteiger charge is 2.13. The first-order valence-corrected chi connectivity index (χ1v) is 7.04. The molecule has 6 heteroatoms. The predicted octanol–water partition coefficient (Wildman–Crippen LogP) is 3.05. The summed E-state index contributed by atoms with van der Waals surface area (Å²) in [4.78, 5) is 15.9. The fourth-order valence-corrected chi connectivity index (χ4v) is 3.01. The van der Waals surface area contributed by atoms with Crippen molar-refractivity contribution in [2.75, 3.05) is 12.3 Å². The van der Waals surface area contributed by atoms with Crippen molar-refractivity contribution in [3.05, 3.63) is 35.3 Å². The van der Waals surface area contributed by atoms with Crippen molar-refractivity contribution < 1.29 is 9.53 Å². The van der Waals surface area contributed by atoms with Crippen molar-refractivity contribution in [1.29, 1.82) is 0 Å². The summed E-state index contributed by atoms with van der Waals surface area (Å²) in [7, 11) is 0. The van der Waals surface area contributed by atoms with E-state index in [1.165, 1.54) is 18.0 Å². The minimum Gasteiger partial charge on any atom is -0.462 e. The van der Waals surface area contributed by atoms with Crippen LogP contribution in [-0.2, 0) is 4.74 Å². The Hall–Kier alpha value is -1.53.